The molecule has 1 aromatic rings. The average molecular weight is 299 g/mol. The molecular weight excluding hydrogens is 284 g/mol. The lowest BCUT2D eigenvalue weighted by Gasteiger charge is -2.26. The van der Waals surface area contributed by atoms with Gasteiger partial charge in [0.15, 0.2) is 0 Å². The minimum absolute atomic E-state index is 0.0123. The van der Waals surface area contributed by atoms with Gasteiger partial charge in [0.2, 0.25) is 5.91 Å². The number of nitrogens with zero attached hydrogens (tertiary/aromatic N) is 2. The lowest BCUT2D eigenvalue weighted by atomic mass is 10.3. The summed E-state index contributed by atoms with van der Waals surface area (Å²) in [6.45, 7) is 4.16. The minimum atomic E-state index is -0.0123. The first-order valence-electron chi connectivity index (χ1n) is 5.58. The van der Waals surface area contributed by atoms with E-state index in [1.807, 2.05) is 6.07 Å². The largest absolute Gasteiger partial charge is 0.314 e. The minimum Gasteiger partial charge on any atom is -0.314 e. The van der Waals surface area contributed by atoms with Gasteiger partial charge >= 0.3 is 0 Å². The summed E-state index contributed by atoms with van der Waals surface area (Å²) in [5.41, 5.74) is 0. The Hall–Kier alpha value is -0.980. The zero-order valence-corrected chi connectivity index (χ0v) is 11.0. The van der Waals surface area contributed by atoms with Crippen molar-refractivity contribution in [3.63, 3.8) is 0 Å². The molecule has 2 N–H and O–H groups in total. The highest BCUT2D eigenvalue weighted by Gasteiger charge is 2.13. The summed E-state index contributed by atoms with van der Waals surface area (Å²) in [4.78, 5) is 18.0. The Morgan fingerprint density at radius 1 is 1.47 bits per heavy atom. The Balaban J connectivity index is 1.82. The van der Waals surface area contributed by atoms with Gasteiger partial charge in [-0.25, -0.2) is 4.98 Å². The van der Waals surface area contributed by atoms with E-state index in [9.17, 15) is 4.79 Å². The molecule has 1 aliphatic rings. The van der Waals surface area contributed by atoms with Crippen molar-refractivity contribution in [2.45, 2.75) is 0 Å². The van der Waals surface area contributed by atoms with Crippen molar-refractivity contribution < 1.29 is 4.79 Å². The molecular formula is C11H15BrN4O. The first-order valence-corrected chi connectivity index (χ1v) is 6.38. The molecule has 0 atom stereocenters. The summed E-state index contributed by atoms with van der Waals surface area (Å²) in [6, 6.07) is 3.63. The molecule has 0 aromatic carbocycles. The number of nitrogens with one attached hydrogen (secondary N) is 2. The summed E-state index contributed by atoms with van der Waals surface area (Å²) in [5, 5.41) is 6.04. The zero-order chi connectivity index (χ0) is 12.1. The summed E-state index contributed by atoms with van der Waals surface area (Å²) in [7, 11) is 0. The van der Waals surface area contributed by atoms with Crippen LogP contribution < -0.4 is 10.6 Å². The van der Waals surface area contributed by atoms with Gasteiger partial charge in [-0.1, -0.05) is 0 Å². The molecule has 1 aliphatic heterocycles. The van der Waals surface area contributed by atoms with E-state index in [2.05, 4.69) is 36.4 Å². The Morgan fingerprint density at radius 2 is 2.24 bits per heavy atom. The van der Waals surface area contributed by atoms with Gasteiger partial charge in [-0.05, 0) is 28.1 Å². The molecule has 0 aliphatic carbocycles. The summed E-state index contributed by atoms with van der Waals surface area (Å²) in [5.74, 6) is 0.579. The van der Waals surface area contributed by atoms with Gasteiger partial charge in [-0.2, -0.15) is 0 Å². The van der Waals surface area contributed by atoms with Crippen molar-refractivity contribution in [2.75, 3.05) is 38.0 Å². The highest BCUT2D eigenvalue weighted by atomic mass is 79.9. The Morgan fingerprint density at radius 3 is 2.88 bits per heavy atom. The van der Waals surface area contributed by atoms with Crippen molar-refractivity contribution in [3.8, 4) is 0 Å². The molecule has 6 heteroatoms. The average Bonchev–Trinajstić information content (AvgIpc) is 2.33. The molecule has 1 fully saturated rings. The van der Waals surface area contributed by atoms with Gasteiger partial charge in [0.1, 0.15) is 5.82 Å². The van der Waals surface area contributed by atoms with Crippen LogP contribution in [0.1, 0.15) is 0 Å². The highest BCUT2D eigenvalue weighted by Crippen LogP contribution is 2.10. The SMILES string of the molecule is O=C(CN1CCNCC1)Nc1ccc(Br)cn1. The normalized spacial score (nSPS) is 16.8. The fourth-order valence-electron chi connectivity index (χ4n) is 1.70. The molecule has 0 radical (unpaired) electrons. The van der Waals surface area contributed by atoms with Crippen molar-refractivity contribution in [2.24, 2.45) is 0 Å². The van der Waals surface area contributed by atoms with Crippen LogP contribution in [0.15, 0.2) is 22.8 Å². The second-order valence-corrected chi connectivity index (χ2v) is 4.85. The molecule has 1 amide bonds. The third kappa shape index (κ3) is 4.07. The molecule has 2 heterocycles. The fourth-order valence-corrected chi connectivity index (χ4v) is 1.94. The lowest BCUT2D eigenvalue weighted by molar-refractivity contribution is -0.117. The lowest BCUT2D eigenvalue weighted by Crippen LogP contribution is -2.46. The van der Waals surface area contributed by atoms with E-state index in [4.69, 9.17) is 0 Å². The van der Waals surface area contributed by atoms with Crippen LogP contribution in [0, 0.1) is 0 Å². The molecule has 5 nitrogen and oxygen atoms in total. The summed E-state index contributed by atoms with van der Waals surface area (Å²) in [6.07, 6.45) is 1.67. The second-order valence-electron chi connectivity index (χ2n) is 3.94. The van der Waals surface area contributed by atoms with Gasteiger partial charge in [0, 0.05) is 36.8 Å². The summed E-state index contributed by atoms with van der Waals surface area (Å²) >= 11 is 3.30. The van der Waals surface area contributed by atoms with E-state index in [1.54, 1.807) is 12.3 Å². The van der Waals surface area contributed by atoms with Crippen molar-refractivity contribution in [3.05, 3.63) is 22.8 Å². The topological polar surface area (TPSA) is 57.3 Å². The van der Waals surface area contributed by atoms with Gasteiger partial charge in [0.05, 0.1) is 6.54 Å². The van der Waals surface area contributed by atoms with Gasteiger partial charge < -0.3 is 10.6 Å². The summed E-state index contributed by atoms with van der Waals surface area (Å²) < 4.78 is 0.901. The zero-order valence-electron chi connectivity index (χ0n) is 9.45. The Labute approximate surface area is 109 Å². The number of hydrogen-bond acceptors (Lipinski definition) is 4. The molecule has 1 saturated heterocycles. The maximum absolute atomic E-state index is 11.7. The van der Waals surface area contributed by atoms with Crippen LogP contribution in [0.4, 0.5) is 5.82 Å². The van der Waals surface area contributed by atoms with Crippen LogP contribution in [0.2, 0.25) is 0 Å². The first-order chi connectivity index (χ1) is 8.24. The number of anilines is 1. The van der Waals surface area contributed by atoms with E-state index >= 15 is 0 Å². The highest BCUT2D eigenvalue weighted by molar-refractivity contribution is 9.10. The number of carbonyl (C=O) groups is 1. The van der Waals surface area contributed by atoms with Crippen molar-refractivity contribution in [1.29, 1.82) is 0 Å². The first kappa shape index (κ1) is 12.5. The standard InChI is InChI=1S/C11H15BrN4O/c12-9-1-2-10(14-7-9)15-11(17)8-16-5-3-13-4-6-16/h1-2,7,13H,3-6,8H2,(H,14,15,17). The predicted octanol–water partition coefficient (Wildman–Crippen LogP) is 0.688. The number of aromatic nitrogens is 1. The van der Waals surface area contributed by atoms with E-state index in [-0.39, 0.29) is 5.91 Å². The maximum atomic E-state index is 11.7. The molecule has 2 rings (SSSR count). The van der Waals surface area contributed by atoms with Crippen LogP contribution in [0.3, 0.4) is 0 Å². The monoisotopic (exact) mass is 298 g/mol. The number of pyridine rings is 1. The van der Waals surface area contributed by atoms with Crippen LogP contribution in [0.25, 0.3) is 0 Å². The van der Waals surface area contributed by atoms with Gasteiger partial charge in [0.25, 0.3) is 0 Å². The molecule has 17 heavy (non-hydrogen) atoms. The fraction of sp³-hybridized carbons (Fsp3) is 0.455. The van der Waals surface area contributed by atoms with Crippen LogP contribution in [-0.2, 0) is 4.79 Å². The van der Waals surface area contributed by atoms with E-state index in [0.717, 1.165) is 30.7 Å². The molecule has 0 saturated carbocycles. The molecule has 92 valence electrons. The van der Waals surface area contributed by atoms with Crippen molar-refractivity contribution >= 4 is 27.7 Å². The number of piperazine rings is 1. The van der Waals surface area contributed by atoms with Crippen molar-refractivity contribution in [1.82, 2.24) is 15.2 Å². The number of hydrogen-bond donors (Lipinski definition) is 2. The van der Waals surface area contributed by atoms with E-state index in [1.165, 1.54) is 0 Å². The number of rotatable bonds is 3. The molecule has 0 unspecified atom stereocenters. The van der Waals surface area contributed by atoms with E-state index in [0.29, 0.717) is 12.4 Å². The van der Waals surface area contributed by atoms with Crippen LogP contribution in [0.5, 0.6) is 0 Å². The number of halogens is 1. The molecule has 0 bridgehead atoms. The van der Waals surface area contributed by atoms with Crippen LogP contribution in [-0.4, -0.2) is 48.5 Å². The third-order valence-electron chi connectivity index (χ3n) is 2.57. The quantitative estimate of drug-likeness (QED) is 0.862. The number of amides is 1. The predicted molar refractivity (Wildman–Crippen MR) is 69.9 cm³/mol. The Kier molecular flexibility index (Phi) is 4.47. The van der Waals surface area contributed by atoms with Gasteiger partial charge in [-0.15, -0.1) is 0 Å². The Bertz CT molecular complexity index is 376. The second kappa shape index (κ2) is 6.09. The van der Waals surface area contributed by atoms with Crippen LogP contribution >= 0.6 is 15.9 Å². The smallest absolute Gasteiger partial charge is 0.239 e. The van der Waals surface area contributed by atoms with Gasteiger partial charge in [-0.3, -0.25) is 9.69 Å². The molecule has 1 aromatic heterocycles. The third-order valence-corrected chi connectivity index (χ3v) is 3.04. The number of carbonyl (C=O) groups excluding carboxylic acids is 1. The van der Waals surface area contributed by atoms with E-state index < -0.39 is 0 Å². The maximum Gasteiger partial charge on any atom is 0.239 e. The molecule has 0 spiro atoms.